The molecule has 6 heteroatoms. The molecule has 0 aromatic carbocycles. The van der Waals surface area contributed by atoms with Crippen molar-refractivity contribution in [1.82, 2.24) is 9.03 Å². The molecule has 1 heterocycles. The molecule has 1 atom stereocenters. The topological polar surface area (TPSA) is 69.6 Å². The normalized spacial score (nSPS) is 21.1. The van der Waals surface area contributed by atoms with Crippen LogP contribution in [-0.4, -0.2) is 44.1 Å². The molecular weight excluding hydrogens is 276 g/mol. The predicted octanol–water partition coefficient (Wildman–Crippen LogP) is 1.60. The maximum atomic E-state index is 12.2. The van der Waals surface area contributed by atoms with Crippen molar-refractivity contribution in [3.8, 4) is 0 Å². The van der Waals surface area contributed by atoms with E-state index in [0.717, 1.165) is 12.8 Å². The lowest BCUT2D eigenvalue weighted by molar-refractivity contribution is 0.153. The van der Waals surface area contributed by atoms with E-state index < -0.39 is 10.2 Å². The first-order valence-corrected chi connectivity index (χ1v) is 8.96. The summed E-state index contributed by atoms with van der Waals surface area (Å²) in [4.78, 5) is 0. The average Bonchev–Trinajstić information content (AvgIpc) is 2.36. The number of nitrogens with zero attached hydrogens (tertiary/aromatic N) is 1. The third kappa shape index (κ3) is 5.31. The van der Waals surface area contributed by atoms with Gasteiger partial charge in [0, 0.05) is 26.2 Å². The van der Waals surface area contributed by atoms with Crippen molar-refractivity contribution in [2.75, 3.05) is 26.2 Å². The van der Waals surface area contributed by atoms with Crippen molar-refractivity contribution in [3.63, 3.8) is 0 Å². The van der Waals surface area contributed by atoms with Crippen LogP contribution in [-0.2, 0) is 10.2 Å². The smallest absolute Gasteiger partial charge is 0.279 e. The summed E-state index contributed by atoms with van der Waals surface area (Å²) in [6, 6.07) is 0. The van der Waals surface area contributed by atoms with Gasteiger partial charge in [-0.15, -0.1) is 0 Å². The zero-order chi connectivity index (χ0) is 15.4. The van der Waals surface area contributed by atoms with Gasteiger partial charge in [-0.25, -0.2) is 4.72 Å². The van der Waals surface area contributed by atoms with Gasteiger partial charge in [-0.1, -0.05) is 27.7 Å². The fourth-order valence-electron chi connectivity index (χ4n) is 2.62. The minimum Gasteiger partial charge on any atom is -0.396 e. The largest absolute Gasteiger partial charge is 0.396 e. The van der Waals surface area contributed by atoms with Crippen LogP contribution in [0, 0.1) is 17.3 Å². The van der Waals surface area contributed by atoms with E-state index in [1.165, 1.54) is 0 Å². The Balaban J connectivity index is 2.47. The first kappa shape index (κ1) is 17.9. The van der Waals surface area contributed by atoms with Gasteiger partial charge in [-0.3, -0.25) is 0 Å². The molecule has 0 bridgehead atoms. The second kappa shape index (κ2) is 7.20. The maximum absolute atomic E-state index is 12.2. The molecule has 1 rings (SSSR count). The lowest BCUT2D eigenvalue weighted by atomic mass is 9.76. The molecule has 120 valence electrons. The SMILES string of the molecule is CC(CCO)CNS(=O)(=O)N1CCC(C(C)(C)C)CC1. The summed E-state index contributed by atoms with van der Waals surface area (Å²) in [5, 5.41) is 8.83. The second-order valence-electron chi connectivity index (χ2n) is 7.01. The van der Waals surface area contributed by atoms with Crippen LogP contribution in [0.1, 0.15) is 47.0 Å². The molecule has 0 radical (unpaired) electrons. The van der Waals surface area contributed by atoms with Gasteiger partial charge in [-0.2, -0.15) is 12.7 Å². The molecule has 0 aromatic rings. The fourth-order valence-corrected chi connectivity index (χ4v) is 3.99. The molecule has 0 amide bonds. The number of hydrogen-bond donors (Lipinski definition) is 2. The highest BCUT2D eigenvalue weighted by Crippen LogP contribution is 2.34. The van der Waals surface area contributed by atoms with E-state index in [1.807, 2.05) is 6.92 Å². The number of hydrogen-bond acceptors (Lipinski definition) is 3. The zero-order valence-corrected chi connectivity index (χ0v) is 14.0. The highest BCUT2D eigenvalue weighted by molar-refractivity contribution is 7.87. The van der Waals surface area contributed by atoms with Gasteiger partial charge in [0.15, 0.2) is 0 Å². The average molecular weight is 306 g/mol. The van der Waals surface area contributed by atoms with Crippen molar-refractivity contribution in [2.45, 2.75) is 47.0 Å². The standard InChI is InChI=1S/C14H30N2O3S/c1-12(7-10-17)11-15-20(18,19)16-8-5-13(6-9-16)14(2,3)4/h12-13,15,17H,5-11H2,1-4H3. The molecule has 1 aliphatic rings. The Bertz CT molecular complexity index is 382. The monoisotopic (exact) mass is 306 g/mol. The molecule has 1 fully saturated rings. The Kier molecular flexibility index (Phi) is 6.44. The van der Waals surface area contributed by atoms with Gasteiger partial charge in [0.2, 0.25) is 0 Å². The van der Waals surface area contributed by atoms with Crippen LogP contribution in [0.5, 0.6) is 0 Å². The summed E-state index contributed by atoms with van der Waals surface area (Å²) in [6.07, 6.45) is 2.47. The van der Waals surface area contributed by atoms with E-state index in [-0.39, 0.29) is 17.9 Å². The Morgan fingerprint density at radius 2 is 1.85 bits per heavy atom. The van der Waals surface area contributed by atoms with E-state index >= 15 is 0 Å². The lowest BCUT2D eigenvalue weighted by Gasteiger charge is -2.38. The minimum atomic E-state index is -3.36. The van der Waals surface area contributed by atoms with Gasteiger partial charge in [0.25, 0.3) is 10.2 Å². The van der Waals surface area contributed by atoms with Crippen LogP contribution in [0.15, 0.2) is 0 Å². The van der Waals surface area contributed by atoms with E-state index in [2.05, 4.69) is 25.5 Å². The number of aliphatic hydroxyl groups excluding tert-OH is 1. The van der Waals surface area contributed by atoms with Crippen LogP contribution < -0.4 is 4.72 Å². The van der Waals surface area contributed by atoms with E-state index in [1.54, 1.807) is 4.31 Å². The van der Waals surface area contributed by atoms with Crippen LogP contribution in [0.3, 0.4) is 0 Å². The Morgan fingerprint density at radius 1 is 1.30 bits per heavy atom. The first-order chi connectivity index (χ1) is 9.16. The summed E-state index contributed by atoms with van der Waals surface area (Å²) in [6.45, 7) is 10.3. The molecule has 2 N–H and O–H groups in total. The molecule has 0 aromatic heterocycles. The summed E-state index contributed by atoms with van der Waals surface area (Å²) in [7, 11) is -3.36. The summed E-state index contributed by atoms with van der Waals surface area (Å²) < 4.78 is 28.6. The van der Waals surface area contributed by atoms with Crippen LogP contribution in [0.2, 0.25) is 0 Å². The highest BCUT2D eigenvalue weighted by atomic mass is 32.2. The molecule has 0 saturated carbocycles. The van der Waals surface area contributed by atoms with Gasteiger partial charge in [0.1, 0.15) is 0 Å². The number of piperidine rings is 1. The first-order valence-electron chi connectivity index (χ1n) is 7.52. The third-order valence-corrected chi connectivity index (χ3v) is 5.83. The third-order valence-electron chi connectivity index (χ3n) is 4.25. The van der Waals surface area contributed by atoms with E-state index in [0.29, 0.717) is 32.0 Å². The van der Waals surface area contributed by atoms with Crippen molar-refractivity contribution in [3.05, 3.63) is 0 Å². The highest BCUT2D eigenvalue weighted by Gasteiger charge is 2.33. The molecule has 0 aliphatic carbocycles. The number of aliphatic hydroxyl groups is 1. The summed E-state index contributed by atoms with van der Waals surface area (Å²) in [5.74, 6) is 0.740. The van der Waals surface area contributed by atoms with Crippen molar-refractivity contribution in [2.24, 2.45) is 17.3 Å². The van der Waals surface area contributed by atoms with E-state index in [9.17, 15) is 8.42 Å². The molecule has 5 nitrogen and oxygen atoms in total. The Labute approximate surface area is 123 Å². The Morgan fingerprint density at radius 3 is 2.30 bits per heavy atom. The summed E-state index contributed by atoms with van der Waals surface area (Å²) >= 11 is 0. The zero-order valence-electron chi connectivity index (χ0n) is 13.2. The lowest BCUT2D eigenvalue weighted by Crippen LogP contribution is -2.47. The Hall–Kier alpha value is -0.170. The minimum absolute atomic E-state index is 0.0971. The van der Waals surface area contributed by atoms with Crippen LogP contribution >= 0.6 is 0 Å². The quantitative estimate of drug-likeness (QED) is 0.783. The van der Waals surface area contributed by atoms with Crippen molar-refractivity contribution in [1.29, 1.82) is 0 Å². The molecule has 1 aliphatic heterocycles. The molecular formula is C14H30N2O3S. The van der Waals surface area contributed by atoms with Crippen LogP contribution in [0.4, 0.5) is 0 Å². The molecule has 1 unspecified atom stereocenters. The van der Waals surface area contributed by atoms with E-state index in [4.69, 9.17) is 5.11 Å². The fraction of sp³-hybridized carbons (Fsp3) is 1.00. The van der Waals surface area contributed by atoms with Gasteiger partial charge >= 0.3 is 0 Å². The van der Waals surface area contributed by atoms with Gasteiger partial charge in [-0.05, 0) is 36.5 Å². The molecule has 0 spiro atoms. The van der Waals surface area contributed by atoms with Crippen LogP contribution in [0.25, 0.3) is 0 Å². The van der Waals surface area contributed by atoms with Crippen molar-refractivity contribution < 1.29 is 13.5 Å². The molecule has 20 heavy (non-hydrogen) atoms. The number of rotatable bonds is 6. The van der Waals surface area contributed by atoms with Crippen molar-refractivity contribution >= 4 is 10.2 Å². The predicted molar refractivity (Wildman–Crippen MR) is 81.5 cm³/mol. The molecule has 1 saturated heterocycles. The number of nitrogens with one attached hydrogen (secondary N) is 1. The maximum Gasteiger partial charge on any atom is 0.279 e. The van der Waals surface area contributed by atoms with Gasteiger partial charge < -0.3 is 5.11 Å². The summed E-state index contributed by atoms with van der Waals surface area (Å²) in [5.41, 5.74) is 0.249. The second-order valence-corrected chi connectivity index (χ2v) is 8.77. The van der Waals surface area contributed by atoms with Gasteiger partial charge in [0.05, 0.1) is 0 Å².